The van der Waals surface area contributed by atoms with E-state index in [1.54, 1.807) is 0 Å². The van der Waals surface area contributed by atoms with E-state index in [-0.39, 0.29) is 12.6 Å². The molecule has 0 atom stereocenters. The third-order valence-electron chi connectivity index (χ3n) is 1.34. The van der Waals surface area contributed by atoms with Crippen LogP contribution in [0.2, 0.25) is 0 Å². The fraction of sp³-hybridized carbons (Fsp3) is 0.750. The maximum atomic E-state index is 10.8. The first-order valence-corrected chi connectivity index (χ1v) is 3.70. The second kappa shape index (κ2) is 2.67. The summed E-state index contributed by atoms with van der Waals surface area (Å²) in [7, 11) is 0. The molecule has 5 heteroatoms. The third-order valence-corrected chi connectivity index (χ3v) is 1.94. The molecule has 0 aromatic rings. The van der Waals surface area contributed by atoms with E-state index in [0.717, 1.165) is 16.5 Å². The minimum absolute atomic E-state index is 0.0347. The molecule has 0 bridgehead atoms. The van der Waals surface area contributed by atoms with Crippen LogP contribution in [0.5, 0.6) is 0 Å². The van der Waals surface area contributed by atoms with Gasteiger partial charge in [-0.05, 0) is 0 Å². The van der Waals surface area contributed by atoms with E-state index in [1.165, 1.54) is 4.90 Å². The summed E-state index contributed by atoms with van der Waals surface area (Å²) in [6.45, 7) is 0.964. The molecule has 0 aromatic carbocycles. The van der Waals surface area contributed by atoms with Crippen molar-refractivity contribution < 1.29 is 9.90 Å². The molecule has 1 rings (SSSR count). The van der Waals surface area contributed by atoms with Crippen LogP contribution in [0, 0.1) is 0 Å². The lowest BCUT2D eigenvalue weighted by Crippen LogP contribution is -2.27. The lowest BCUT2D eigenvalue weighted by atomic mass is 10.6. The average Bonchev–Trinajstić information content (AvgIpc) is 2.10. The van der Waals surface area contributed by atoms with E-state index in [9.17, 15) is 4.79 Å². The Morgan fingerprint density at radius 3 is 2.67 bits per heavy atom. The number of carbonyl (C=O) groups excluding carboxylic acids is 1. The van der Waals surface area contributed by atoms with E-state index >= 15 is 0 Å². The van der Waals surface area contributed by atoms with Crippen LogP contribution in [0.4, 0.5) is 0 Å². The van der Waals surface area contributed by atoms with E-state index in [2.05, 4.69) is 0 Å². The minimum atomic E-state index is -0.141. The molecule has 1 fully saturated rings. The summed E-state index contributed by atoms with van der Waals surface area (Å²) in [6.07, 6.45) is 0. The lowest BCUT2D eigenvalue weighted by molar-refractivity contribution is -0.129. The molecule has 50 valence electrons. The molecule has 0 spiro atoms. The Morgan fingerprint density at radius 1 is 1.78 bits per heavy atom. The van der Waals surface area contributed by atoms with Crippen LogP contribution in [-0.4, -0.2) is 56.3 Å². The largest absolute Gasteiger partial charge is 0.376 e. The maximum Gasteiger partial charge on any atom is 0.324 e. The van der Waals surface area contributed by atoms with Gasteiger partial charge in [0.05, 0.1) is 13.2 Å². The predicted octanol–water partition coefficient (Wildman–Crippen LogP) is -2.41. The maximum absolute atomic E-state index is 10.8. The minimum Gasteiger partial charge on any atom is -0.376 e. The number of nitrogens with zero attached hydrogens (tertiary/aromatic N) is 2. The first kappa shape index (κ1) is 7.03. The van der Waals surface area contributed by atoms with Crippen molar-refractivity contribution in [3.63, 3.8) is 0 Å². The molecule has 9 heavy (non-hydrogen) atoms. The summed E-state index contributed by atoms with van der Waals surface area (Å²) >= 11 is 0.894. The van der Waals surface area contributed by atoms with Gasteiger partial charge in [-0.1, -0.05) is 0 Å². The number of hydrogen-bond acceptors (Lipinski definition) is 3. The number of rotatable bonds is 1. The van der Waals surface area contributed by atoms with Crippen LogP contribution in [0.25, 0.3) is 0 Å². The van der Waals surface area contributed by atoms with Gasteiger partial charge in [0.1, 0.15) is 6.73 Å². The Morgan fingerprint density at radius 2 is 2.44 bits per heavy atom. The quantitative estimate of drug-likeness (QED) is 0.417. The molecule has 0 aliphatic carbocycles. The van der Waals surface area contributed by atoms with Crippen LogP contribution in [0.1, 0.15) is 0 Å². The Labute approximate surface area is 61.7 Å². The van der Waals surface area contributed by atoms with Gasteiger partial charge < -0.3 is 13.9 Å². The van der Waals surface area contributed by atoms with Crippen molar-refractivity contribution >= 4 is 22.4 Å². The average molecular weight is 144 g/mol. The van der Waals surface area contributed by atoms with Crippen LogP contribution in [0.3, 0.4) is 0 Å². The van der Waals surface area contributed by atoms with E-state index in [0.29, 0.717) is 13.2 Å². The van der Waals surface area contributed by atoms with Gasteiger partial charge in [-0.15, -0.1) is 0 Å². The molecular weight excluding hydrogens is 135 g/mol. The summed E-state index contributed by atoms with van der Waals surface area (Å²) in [6, 6.07) is 0. The normalized spacial score (nSPS) is 21.4. The standard InChI is InChI=1S/C4H7N2O2.Al.2H/c7-3-6-2-5-1-4(6)8;;;/h7H,1-3H2;;;/q-1;+1;;. The Balaban J connectivity index is 2.48. The molecule has 0 saturated carbocycles. The summed E-state index contributed by atoms with van der Waals surface area (Å²) in [5.74, 6) is 0.0347. The molecule has 1 N–H and O–H groups in total. The Hall–Kier alpha value is -0.0775. The topological polar surface area (TPSA) is 43.8 Å². The van der Waals surface area contributed by atoms with Gasteiger partial charge >= 0.3 is 16.5 Å². The first-order valence-electron chi connectivity index (χ1n) is 2.81. The third kappa shape index (κ3) is 1.43. The fourth-order valence-electron chi connectivity index (χ4n) is 0.875. The van der Waals surface area contributed by atoms with Crippen molar-refractivity contribution in [3.05, 3.63) is 0 Å². The highest BCUT2D eigenvalue weighted by atomic mass is 27.1. The summed E-state index contributed by atoms with van der Waals surface area (Å²) in [5, 5.41) is 8.55. The van der Waals surface area contributed by atoms with E-state index in [1.807, 2.05) is 3.88 Å². The van der Waals surface area contributed by atoms with Gasteiger partial charge in [-0.25, -0.2) is 0 Å². The molecule has 0 aromatic heterocycles. The molecule has 4 nitrogen and oxygen atoms in total. The Bertz CT molecular complexity index is 130. The van der Waals surface area contributed by atoms with Crippen molar-refractivity contribution in [2.45, 2.75) is 0 Å². The molecule has 1 aliphatic rings. The number of hydrogen-bond donors (Lipinski definition) is 1. The van der Waals surface area contributed by atoms with E-state index in [4.69, 9.17) is 5.11 Å². The molecular formula is C4H9AlN2O2. The van der Waals surface area contributed by atoms with Gasteiger partial charge in [0.25, 0.3) is 0 Å². The van der Waals surface area contributed by atoms with E-state index < -0.39 is 0 Å². The van der Waals surface area contributed by atoms with Crippen molar-refractivity contribution in [1.82, 2.24) is 8.78 Å². The van der Waals surface area contributed by atoms with Crippen molar-refractivity contribution in [2.24, 2.45) is 0 Å². The van der Waals surface area contributed by atoms with Crippen molar-refractivity contribution in [2.75, 3.05) is 19.9 Å². The van der Waals surface area contributed by atoms with Gasteiger partial charge in [0.2, 0.25) is 5.91 Å². The monoisotopic (exact) mass is 144 g/mol. The van der Waals surface area contributed by atoms with Gasteiger partial charge in [-0.2, -0.15) is 0 Å². The number of aliphatic hydroxyl groups excluding tert-OH is 1. The van der Waals surface area contributed by atoms with Crippen LogP contribution >= 0.6 is 0 Å². The van der Waals surface area contributed by atoms with Gasteiger partial charge in [-0.3, -0.25) is 4.79 Å². The zero-order valence-corrected chi connectivity index (χ0v) is 7.37. The molecule has 1 aliphatic heterocycles. The van der Waals surface area contributed by atoms with Crippen LogP contribution in [0.15, 0.2) is 0 Å². The number of aliphatic hydroxyl groups is 1. The zero-order valence-electron chi connectivity index (χ0n) is 5.37. The second-order valence-corrected chi connectivity index (χ2v) is 3.50. The van der Waals surface area contributed by atoms with Crippen LogP contribution < -0.4 is 0 Å². The summed E-state index contributed by atoms with van der Waals surface area (Å²) in [4.78, 5) is 12.2. The highest BCUT2D eigenvalue weighted by molar-refractivity contribution is 6.07. The number of amides is 1. The van der Waals surface area contributed by atoms with Crippen LogP contribution in [-0.2, 0) is 4.79 Å². The van der Waals surface area contributed by atoms with Gasteiger partial charge in [0, 0.05) is 0 Å². The Kier molecular flexibility index (Phi) is 2.09. The first-order chi connectivity index (χ1) is 4.24. The predicted molar refractivity (Wildman–Crippen MR) is 34.0 cm³/mol. The van der Waals surface area contributed by atoms with Gasteiger partial charge in [0.15, 0.2) is 0 Å². The summed E-state index contributed by atoms with van der Waals surface area (Å²) in [5.41, 5.74) is 0. The highest BCUT2D eigenvalue weighted by Gasteiger charge is 2.22. The molecule has 1 amide bonds. The molecule has 1 saturated heterocycles. The number of carbonyl (C=O) groups is 1. The SMILES string of the molecule is O=C1C[N]([AlH2])CN1CO. The molecule has 1 heterocycles. The lowest BCUT2D eigenvalue weighted by Gasteiger charge is -2.11. The molecule has 0 radical (unpaired) electrons. The van der Waals surface area contributed by atoms with Crippen molar-refractivity contribution in [3.8, 4) is 0 Å². The molecule has 0 unspecified atom stereocenters. The highest BCUT2D eigenvalue weighted by Crippen LogP contribution is 2.00. The fourth-order valence-corrected chi connectivity index (χ4v) is 1.49. The zero-order chi connectivity index (χ0) is 6.85. The second-order valence-electron chi connectivity index (χ2n) is 2.23. The van der Waals surface area contributed by atoms with Crippen molar-refractivity contribution in [1.29, 1.82) is 0 Å². The smallest absolute Gasteiger partial charge is 0.324 e. The summed E-state index contributed by atoms with van der Waals surface area (Å²) < 4.78 is 1.98.